The van der Waals surface area contributed by atoms with E-state index in [1.54, 1.807) is 0 Å². The van der Waals surface area contributed by atoms with Crippen molar-refractivity contribution in [2.75, 3.05) is 6.54 Å². The molecule has 2 atom stereocenters. The van der Waals surface area contributed by atoms with E-state index in [1.807, 2.05) is 0 Å². The molecule has 0 unspecified atom stereocenters. The Morgan fingerprint density at radius 3 is 2.38 bits per heavy atom. The van der Waals surface area contributed by atoms with E-state index in [0.717, 1.165) is 18.2 Å². The summed E-state index contributed by atoms with van der Waals surface area (Å²) in [7, 11) is -4.13. The first kappa shape index (κ1) is 21.3. The maximum atomic E-state index is 13.1. The van der Waals surface area contributed by atoms with Crippen LogP contribution in [0.4, 0.5) is 17.6 Å². The fourth-order valence-corrected chi connectivity index (χ4v) is 4.27. The Morgan fingerprint density at radius 2 is 1.79 bits per heavy atom. The Bertz CT molecular complexity index is 991. The van der Waals surface area contributed by atoms with E-state index in [2.05, 4.69) is 10.6 Å². The molecule has 0 bridgehead atoms. The van der Waals surface area contributed by atoms with Crippen LogP contribution >= 0.6 is 0 Å². The highest BCUT2D eigenvalue weighted by molar-refractivity contribution is 7.91. The number of alkyl halides is 4. The number of carbonyl (C=O) groups is 1. The van der Waals surface area contributed by atoms with E-state index in [-0.39, 0.29) is 30.3 Å². The molecule has 156 valence electrons. The van der Waals surface area contributed by atoms with Gasteiger partial charge in [-0.2, -0.15) is 13.2 Å². The van der Waals surface area contributed by atoms with Crippen molar-refractivity contribution in [2.45, 2.75) is 41.1 Å². The van der Waals surface area contributed by atoms with Crippen LogP contribution in [0, 0.1) is 0 Å². The van der Waals surface area contributed by atoms with Crippen molar-refractivity contribution in [2.24, 2.45) is 0 Å². The van der Waals surface area contributed by atoms with Crippen LogP contribution in [0.3, 0.4) is 0 Å². The average molecular weight is 430 g/mol. The number of rotatable bonds is 5. The smallest absolute Gasteiger partial charge is 0.351 e. The van der Waals surface area contributed by atoms with Crippen LogP contribution in [0.15, 0.2) is 58.3 Å². The first-order chi connectivity index (χ1) is 13.6. The van der Waals surface area contributed by atoms with E-state index < -0.39 is 38.7 Å². The topological polar surface area (TPSA) is 75.3 Å². The SMILES string of the molecule is O=C(NCc1ccc(S(=O)(=O)c2cccc(C(F)(F)F)c2)cc1)[C@@H]1C[C@H](F)CN1. The van der Waals surface area contributed by atoms with Gasteiger partial charge < -0.3 is 10.6 Å². The van der Waals surface area contributed by atoms with Crippen molar-refractivity contribution in [3.05, 3.63) is 59.7 Å². The zero-order valence-electron chi connectivity index (χ0n) is 15.0. The van der Waals surface area contributed by atoms with Crippen molar-refractivity contribution in [3.63, 3.8) is 0 Å². The quantitative estimate of drug-likeness (QED) is 0.716. The van der Waals surface area contributed by atoms with Gasteiger partial charge in [0.25, 0.3) is 0 Å². The molecule has 10 heteroatoms. The molecule has 1 aliphatic heterocycles. The summed E-state index contributed by atoms with van der Waals surface area (Å²) in [4.78, 5) is 11.3. The molecule has 2 N–H and O–H groups in total. The van der Waals surface area contributed by atoms with E-state index >= 15 is 0 Å². The molecule has 0 radical (unpaired) electrons. The summed E-state index contributed by atoms with van der Waals surface area (Å²) in [5.41, 5.74) is -0.454. The number of hydrogen-bond acceptors (Lipinski definition) is 4. The van der Waals surface area contributed by atoms with Crippen LogP contribution in [-0.4, -0.2) is 33.1 Å². The van der Waals surface area contributed by atoms with Crippen LogP contribution in [0.25, 0.3) is 0 Å². The average Bonchev–Trinajstić information content (AvgIpc) is 3.12. The highest BCUT2D eigenvalue weighted by Crippen LogP contribution is 2.32. The van der Waals surface area contributed by atoms with Crippen LogP contribution < -0.4 is 10.6 Å². The number of benzene rings is 2. The minimum atomic E-state index is -4.65. The van der Waals surface area contributed by atoms with Gasteiger partial charge in [0.1, 0.15) is 6.17 Å². The van der Waals surface area contributed by atoms with Gasteiger partial charge >= 0.3 is 6.18 Å². The predicted molar refractivity (Wildman–Crippen MR) is 96.5 cm³/mol. The van der Waals surface area contributed by atoms with Crippen LogP contribution in [0.2, 0.25) is 0 Å². The van der Waals surface area contributed by atoms with E-state index in [1.165, 1.54) is 24.3 Å². The van der Waals surface area contributed by atoms with Gasteiger partial charge in [0.05, 0.1) is 21.4 Å². The number of hydrogen-bond donors (Lipinski definition) is 2. The summed E-state index contributed by atoms with van der Waals surface area (Å²) in [5.74, 6) is -0.356. The number of carbonyl (C=O) groups excluding carboxylic acids is 1. The molecule has 1 amide bonds. The first-order valence-corrected chi connectivity index (χ1v) is 10.2. The van der Waals surface area contributed by atoms with E-state index in [0.29, 0.717) is 11.6 Å². The Labute approximate surface area is 165 Å². The number of amides is 1. The first-order valence-electron chi connectivity index (χ1n) is 8.74. The van der Waals surface area contributed by atoms with E-state index in [4.69, 9.17) is 0 Å². The van der Waals surface area contributed by atoms with Crippen molar-refractivity contribution in [3.8, 4) is 0 Å². The fourth-order valence-electron chi connectivity index (χ4n) is 2.97. The Hall–Kier alpha value is -2.46. The third-order valence-electron chi connectivity index (χ3n) is 4.57. The summed E-state index contributed by atoms with van der Waals surface area (Å²) in [5, 5.41) is 5.39. The molecule has 5 nitrogen and oxygen atoms in total. The van der Waals surface area contributed by atoms with Gasteiger partial charge in [-0.1, -0.05) is 18.2 Å². The summed E-state index contributed by atoms with van der Waals surface area (Å²) in [6.45, 7) is 0.234. The lowest BCUT2D eigenvalue weighted by molar-refractivity contribution is -0.137. The van der Waals surface area contributed by atoms with E-state index in [9.17, 15) is 30.8 Å². The fraction of sp³-hybridized carbons (Fsp3) is 0.316. The third-order valence-corrected chi connectivity index (χ3v) is 6.33. The van der Waals surface area contributed by atoms with Gasteiger partial charge in [0.2, 0.25) is 15.7 Å². The van der Waals surface area contributed by atoms with Crippen LogP contribution in [-0.2, 0) is 27.4 Å². The highest BCUT2D eigenvalue weighted by atomic mass is 32.2. The Balaban J connectivity index is 1.70. The zero-order valence-corrected chi connectivity index (χ0v) is 15.9. The lowest BCUT2D eigenvalue weighted by atomic mass is 10.2. The Morgan fingerprint density at radius 1 is 1.10 bits per heavy atom. The summed E-state index contributed by atoms with van der Waals surface area (Å²) in [6, 6.07) is 8.38. The van der Waals surface area contributed by atoms with Gasteiger partial charge in [-0.05, 0) is 35.9 Å². The normalized spacial score (nSPS) is 19.9. The standard InChI is InChI=1S/C19H18F4N2O3S/c20-14-9-17(24-11-14)18(26)25-10-12-4-6-15(7-5-12)29(27,28)16-3-1-2-13(8-16)19(21,22)23/h1-8,14,17,24H,9-11H2,(H,25,26)/t14-,17-/m0/s1. The molecular weight excluding hydrogens is 412 g/mol. The van der Waals surface area contributed by atoms with Gasteiger partial charge in [-0.25, -0.2) is 12.8 Å². The molecule has 0 spiro atoms. The third kappa shape index (κ3) is 4.94. The van der Waals surface area contributed by atoms with Crippen molar-refractivity contribution in [1.82, 2.24) is 10.6 Å². The van der Waals surface area contributed by atoms with Crippen molar-refractivity contribution >= 4 is 15.7 Å². The summed E-state index contributed by atoms with van der Waals surface area (Å²) in [6.07, 6.45) is -5.62. The monoisotopic (exact) mass is 430 g/mol. The highest BCUT2D eigenvalue weighted by Gasteiger charge is 2.32. The van der Waals surface area contributed by atoms with Crippen LogP contribution in [0.1, 0.15) is 17.5 Å². The lowest BCUT2D eigenvalue weighted by Gasteiger charge is -2.12. The minimum absolute atomic E-state index is 0.0972. The second-order valence-corrected chi connectivity index (χ2v) is 8.63. The van der Waals surface area contributed by atoms with Crippen molar-refractivity contribution in [1.29, 1.82) is 0 Å². The van der Waals surface area contributed by atoms with Gasteiger partial charge in [0.15, 0.2) is 0 Å². The van der Waals surface area contributed by atoms with Gasteiger partial charge in [-0.15, -0.1) is 0 Å². The molecule has 3 rings (SSSR count). The molecule has 2 aromatic carbocycles. The second kappa shape index (κ2) is 8.11. The largest absolute Gasteiger partial charge is 0.416 e. The van der Waals surface area contributed by atoms with Crippen molar-refractivity contribution < 1.29 is 30.8 Å². The molecule has 1 fully saturated rings. The molecular formula is C19H18F4N2O3S. The lowest BCUT2D eigenvalue weighted by Crippen LogP contribution is -2.39. The van der Waals surface area contributed by atoms with Gasteiger partial charge in [-0.3, -0.25) is 4.79 Å². The van der Waals surface area contributed by atoms with Gasteiger partial charge in [0, 0.05) is 19.5 Å². The minimum Gasteiger partial charge on any atom is -0.351 e. The zero-order chi connectivity index (χ0) is 21.2. The molecule has 2 aromatic rings. The summed E-state index contributed by atoms with van der Waals surface area (Å²) >= 11 is 0. The predicted octanol–water partition coefficient (Wildman–Crippen LogP) is 2.85. The number of nitrogens with one attached hydrogen (secondary N) is 2. The molecule has 1 saturated heterocycles. The molecule has 0 aliphatic carbocycles. The molecule has 1 heterocycles. The second-order valence-electron chi connectivity index (χ2n) is 6.68. The number of sulfone groups is 1. The Kier molecular flexibility index (Phi) is 5.95. The summed E-state index contributed by atoms with van der Waals surface area (Å²) < 4.78 is 76.9. The molecule has 1 aliphatic rings. The number of halogens is 4. The molecule has 29 heavy (non-hydrogen) atoms. The maximum absolute atomic E-state index is 13.1. The van der Waals surface area contributed by atoms with Crippen LogP contribution in [0.5, 0.6) is 0 Å². The maximum Gasteiger partial charge on any atom is 0.416 e. The molecule has 0 aromatic heterocycles. The molecule has 0 saturated carbocycles.